The van der Waals surface area contributed by atoms with Crippen LogP contribution in [0, 0.1) is 11.8 Å². The van der Waals surface area contributed by atoms with Gasteiger partial charge in [0.1, 0.15) is 0 Å². The van der Waals surface area contributed by atoms with E-state index in [-0.39, 0.29) is 6.04 Å². The minimum Gasteiger partial charge on any atom is -0.349 e. The molecule has 3 heteroatoms. The molecule has 3 fully saturated rings. The van der Waals surface area contributed by atoms with Crippen LogP contribution in [0.5, 0.6) is 0 Å². The lowest BCUT2D eigenvalue weighted by atomic mass is 9.73. The second-order valence-corrected chi connectivity index (χ2v) is 9.71. The van der Waals surface area contributed by atoms with Gasteiger partial charge in [-0.15, -0.1) is 0 Å². The Morgan fingerprint density at radius 1 is 1.04 bits per heavy atom. The molecule has 0 radical (unpaired) electrons. The first-order chi connectivity index (χ1) is 13.2. The first-order valence-corrected chi connectivity index (χ1v) is 11.4. The minimum atomic E-state index is 0.235. The number of hydrogen-bond donors (Lipinski definition) is 1. The minimum absolute atomic E-state index is 0.235. The summed E-state index contributed by atoms with van der Waals surface area (Å²) in [7, 11) is 0. The van der Waals surface area contributed by atoms with Crippen LogP contribution in [-0.2, 0) is 10.2 Å². The Labute approximate surface area is 163 Å². The van der Waals surface area contributed by atoms with Gasteiger partial charge in [-0.25, -0.2) is 0 Å². The van der Waals surface area contributed by atoms with Crippen LogP contribution in [0.15, 0.2) is 24.3 Å². The van der Waals surface area contributed by atoms with Crippen LogP contribution >= 0.6 is 0 Å². The Kier molecular flexibility index (Phi) is 4.75. The molecule has 1 saturated heterocycles. The van der Waals surface area contributed by atoms with Crippen LogP contribution < -0.4 is 5.32 Å². The lowest BCUT2D eigenvalue weighted by molar-refractivity contribution is -0.123. The summed E-state index contributed by atoms with van der Waals surface area (Å²) in [6.07, 6.45) is 13.0. The number of piperidine rings is 1. The lowest BCUT2D eigenvalue weighted by Crippen LogP contribution is -2.44. The maximum atomic E-state index is 12.4. The van der Waals surface area contributed by atoms with E-state index in [4.69, 9.17) is 0 Å². The number of fused-ring (bicyclic) bond motifs is 2. The van der Waals surface area contributed by atoms with E-state index in [0.29, 0.717) is 17.2 Å². The zero-order chi connectivity index (χ0) is 18.3. The van der Waals surface area contributed by atoms with E-state index >= 15 is 0 Å². The quantitative estimate of drug-likeness (QED) is 0.846. The molecule has 2 saturated carbocycles. The molecule has 146 valence electrons. The molecule has 3 aliphatic carbocycles. The van der Waals surface area contributed by atoms with E-state index in [1.165, 1.54) is 75.7 Å². The SMILES string of the molecule is O=C(N[C@H]1CC2(CCN(CC3CCCCC3)CC2)c2ccccc21)C1CC1. The molecule has 0 bridgehead atoms. The largest absolute Gasteiger partial charge is 0.349 e. The van der Waals surface area contributed by atoms with Crippen molar-refractivity contribution in [3.8, 4) is 0 Å². The van der Waals surface area contributed by atoms with Crippen molar-refractivity contribution in [2.24, 2.45) is 11.8 Å². The number of carbonyl (C=O) groups excluding carboxylic acids is 1. The highest BCUT2D eigenvalue weighted by Crippen LogP contribution is 2.51. The second kappa shape index (κ2) is 7.24. The number of amides is 1. The van der Waals surface area contributed by atoms with E-state index in [9.17, 15) is 4.79 Å². The van der Waals surface area contributed by atoms with Gasteiger partial charge in [0.15, 0.2) is 0 Å². The lowest BCUT2D eigenvalue weighted by Gasteiger charge is -2.42. The molecule has 3 nitrogen and oxygen atoms in total. The van der Waals surface area contributed by atoms with Gasteiger partial charge in [-0.05, 0) is 75.1 Å². The summed E-state index contributed by atoms with van der Waals surface area (Å²) < 4.78 is 0. The fraction of sp³-hybridized carbons (Fsp3) is 0.708. The molecule has 27 heavy (non-hydrogen) atoms. The van der Waals surface area contributed by atoms with Gasteiger partial charge in [-0.2, -0.15) is 0 Å². The highest BCUT2D eigenvalue weighted by Gasteiger charge is 2.46. The van der Waals surface area contributed by atoms with Crippen molar-refractivity contribution >= 4 is 5.91 Å². The summed E-state index contributed by atoms with van der Waals surface area (Å²) >= 11 is 0. The molecule has 0 unspecified atom stereocenters. The molecule has 4 aliphatic rings. The monoisotopic (exact) mass is 366 g/mol. The number of nitrogens with one attached hydrogen (secondary N) is 1. The highest BCUT2D eigenvalue weighted by molar-refractivity contribution is 5.81. The van der Waals surface area contributed by atoms with Crippen LogP contribution in [0.1, 0.15) is 81.4 Å². The Hall–Kier alpha value is -1.35. The van der Waals surface area contributed by atoms with E-state index in [2.05, 4.69) is 34.5 Å². The number of hydrogen-bond acceptors (Lipinski definition) is 2. The van der Waals surface area contributed by atoms with E-state index in [1.807, 2.05) is 0 Å². The van der Waals surface area contributed by atoms with Gasteiger partial charge in [0.2, 0.25) is 5.91 Å². The average molecular weight is 367 g/mol. The smallest absolute Gasteiger partial charge is 0.223 e. The highest BCUT2D eigenvalue weighted by atomic mass is 16.2. The molecule has 1 aromatic rings. The van der Waals surface area contributed by atoms with Crippen molar-refractivity contribution < 1.29 is 4.79 Å². The topological polar surface area (TPSA) is 32.3 Å². The summed E-state index contributed by atoms with van der Waals surface area (Å²) in [6, 6.07) is 9.18. The third-order valence-electron chi connectivity index (χ3n) is 7.82. The zero-order valence-electron chi connectivity index (χ0n) is 16.6. The predicted molar refractivity (Wildman–Crippen MR) is 109 cm³/mol. The summed E-state index contributed by atoms with van der Waals surface area (Å²) in [5.74, 6) is 1.53. The summed E-state index contributed by atoms with van der Waals surface area (Å²) in [5, 5.41) is 3.39. The average Bonchev–Trinajstić information content (AvgIpc) is 3.51. The first kappa shape index (κ1) is 17.7. The molecule has 1 amide bonds. The number of rotatable bonds is 4. The van der Waals surface area contributed by atoms with Crippen molar-refractivity contribution in [3.05, 3.63) is 35.4 Å². The van der Waals surface area contributed by atoms with E-state index < -0.39 is 0 Å². The molecular formula is C24H34N2O. The molecule has 1 aromatic carbocycles. The Bertz CT molecular complexity index is 681. The fourth-order valence-electron chi connectivity index (χ4n) is 6.03. The summed E-state index contributed by atoms with van der Waals surface area (Å²) in [5.41, 5.74) is 3.22. The van der Waals surface area contributed by atoms with Gasteiger partial charge in [-0.1, -0.05) is 43.5 Å². The molecule has 1 aliphatic heterocycles. The van der Waals surface area contributed by atoms with Gasteiger partial charge in [0, 0.05) is 17.9 Å². The summed E-state index contributed by atoms with van der Waals surface area (Å²) in [4.78, 5) is 15.1. The standard InChI is InChI=1S/C24H34N2O/c27-23(19-10-11-19)25-22-16-24(21-9-5-4-8-20(21)22)12-14-26(15-13-24)17-18-6-2-1-3-7-18/h4-5,8-9,18-19,22H,1-3,6-7,10-17H2,(H,25,27)/t22-/m0/s1. The molecule has 1 spiro atoms. The second-order valence-electron chi connectivity index (χ2n) is 9.71. The van der Waals surface area contributed by atoms with Crippen molar-refractivity contribution in [2.75, 3.05) is 19.6 Å². The maximum Gasteiger partial charge on any atom is 0.223 e. The van der Waals surface area contributed by atoms with Gasteiger partial charge in [0.05, 0.1) is 6.04 Å². The van der Waals surface area contributed by atoms with Gasteiger partial charge in [0.25, 0.3) is 0 Å². The zero-order valence-corrected chi connectivity index (χ0v) is 16.6. The molecule has 5 rings (SSSR count). The number of benzene rings is 1. The normalized spacial score (nSPS) is 28.2. The van der Waals surface area contributed by atoms with Crippen molar-refractivity contribution in [3.63, 3.8) is 0 Å². The van der Waals surface area contributed by atoms with Crippen LogP contribution in [0.2, 0.25) is 0 Å². The Morgan fingerprint density at radius 3 is 2.52 bits per heavy atom. The van der Waals surface area contributed by atoms with Gasteiger partial charge in [-0.3, -0.25) is 4.79 Å². The predicted octanol–water partition coefficient (Wildman–Crippen LogP) is 4.57. The number of carbonyl (C=O) groups is 1. The fourth-order valence-corrected chi connectivity index (χ4v) is 6.03. The molecule has 0 aromatic heterocycles. The molecule has 1 heterocycles. The Balaban J connectivity index is 1.26. The van der Waals surface area contributed by atoms with Crippen LogP contribution in [0.3, 0.4) is 0 Å². The Morgan fingerprint density at radius 2 is 1.78 bits per heavy atom. The summed E-state index contributed by atoms with van der Waals surface area (Å²) in [6.45, 7) is 3.78. The van der Waals surface area contributed by atoms with Gasteiger partial charge < -0.3 is 10.2 Å². The van der Waals surface area contributed by atoms with Gasteiger partial charge >= 0.3 is 0 Å². The third kappa shape index (κ3) is 3.55. The maximum absolute atomic E-state index is 12.4. The van der Waals surface area contributed by atoms with Crippen LogP contribution in [0.4, 0.5) is 0 Å². The third-order valence-corrected chi connectivity index (χ3v) is 7.82. The van der Waals surface area contributed by atoms with Crippen molar-refractivity contribution in [1.82, 2.24) is 10.2 Å². The van der Waals surface area contributed by atoms with Crippen LogP contribution in [-0.4, -0.2) is 30.4 Å². The number of nitrogens with zero attached hydrogens (tertiary/aromatic N) is 1. The van der Waals surface area contributed by atoms with Crippen molar-refractivity contribution in [2.45, 2.75) is 75.7 Å². The molecular weight excluding hydrogens is 332 g/mol. The van der Waals surface area contributed by atoms with E-state index in [0.717, 1.165) is 25.2 Å². The molecule has 1 atom stereocenters. The first-order valence-electron chi connectivity index (χ1n) is 11.4. The van der Waals surface area contributed by atoms with Crippen LogP contribution in [0.25, 0.3) is 0 Å². The van der Waals surface area contributed by atoms with Crippen molar-refractivity contribution in [1.29, 1.82) is 0 Å². The molecule has 1 N–H and O–H groups in total. The van der Waals surface area contributed by atoms with E-state index in [1.54, 1.807) is 0 Å². The number of likely N-dealkylation sites (tertiary alicyclic amines) is 1.